The molecule has 1 aromatic carbocycles. The lowest BCUT2D eigenvalue weighted by atomic mass is 9.98. The van der Waals surface area contributed by atoms with Crippen LogP contribution in [0.1, 0.15) is 25.7 Å². The Bertz CT molecular complexity index is 607. The number of methoxy groups -OCH3 is 1. The summed E-state index contributed by atoms with van der Waals surface area (Å²) in [6.07, 6.45) is 3.55. The van der Waals surface area contributed by atoms with E-state index in [4.69, 9.17) is 26.8 Å². The molecule has 2 aliphatic rings. The van der Waals surface area contributed by atoms with E-state index in [1.807, 2.05) is 18.2 Å². The van der Waals surface area contributed by atoms with Crippen LogP contribution in [0.3, 0.4) is 0 Å². The molecular weight excluding hydrogens is 354 g/mol. The first-order valence-corrected chi connectivity index (χ1v) is 9.69. The Morgan fingerprint density at radius 2 is 1.96 bits per heavy atom. The molecule has 3 rings (SSSR count). The first-order valence-electron chi connectivity index (χ1n) is 9.31. The number of para-hydroxylation sites is 1. The van der Waals surface area contributed by atoms with Gasteiger partial charge in [0.1, 0.15) is 0 Å². The second-order valence-corrected chi connectivity index (χ2v) is 7.42. The fourth-order valence-electron chi connectivity index (χ4n) is 3.85. The van der Waals surface area contributed by atoms with Gasteiger partial charge in [-0.3, -0.25) is 0 Å². The number of halogens is 1. The number of benzene rings is 1. The fraction of sp³-hybridized carbons (Fsp3) is 0.632. The van der Waals surface area contributed by atoms with Crippen LogP contribution < -0.4 is 10.6 Å². The lowest BCUT2D eigenvalue weighted by Crippen LogP contribution is -2.56. The Balaban J connectivity index is 1.51. The van der Waals surface area contributed by atoms with Gasteiger partial charge < -0.3 is 25.0 Å². The summed E-state index contributed by atoms with van der Waals surface area (Å²) < 4.78 is 11.0. The van der Waals surface area contributed by atoms with Crippen molar-refractivity contribution >= 4 is 23.4 Å². The smallest absolute Gasteiger partial charge is 0.409 e. The van der Waals surface area contributed by atoms with E-state index in [-0.39, 0.29) is 24.3 Å². The van der Waals surface area contributed by atoms with Gasteiger partial charge in [0.2, 0.25) is 0 Å². The van der Waals surface area contributed by atoms with Crippen LogP contribution in [-0.2, 0) is 9.47 Å². The molecule has 0 saturated carbocycles. The summed E-state index contributed by atoms with van der Waals surface area (Å²) >= 11 is 6.30. The van der Waals surface area contributed by atoms with Gasteiger partial charge in [-0.25, -0.2) is 4.79 Å². The highest BCUT2D eigenvalue weighted by molar-refractivity contribution is 6.33. The third-order valence-corrected chi connectivity index (χ3v) is 5.70. The standard InChI is InChI=1S/C19H28ClN3O3/c1-25-19(24)23-10-4-6-16(21)18(23)13-26-14-8-11-22(12-9-14)17-7-3-2-5-15(17)20/h2-3,5,7,14,16,18H,4,6,8-13,21H2,1H3/t16-,18-/m0/s1. The predicted molar refractivity (Wildman–Crippen MR) is 103 cm³/mol. The van der Waals surface area contributed by atoms with Crippen molar-refractivity contribution < 1.29 is 14.3 Å². The van der Waals surface area contributed by atoms with Crippen molar-refractivity contribution in [2.24, 2.45) is 5.73 Å². The van der Waals surface area contributed by atoms with Gasteiger partial charge in [-0.15, -0.1) is 0 Å². The summed E-state index contributed by atoms with van der Waals surface area (Å²) in [5.41, 5.74) is 7.32. The zero-order valence-corrected chi connectivity index (χ0v) is 16.0. The third-order valence-electron chi connectivity index (χ3n) is 5.38. The zero-order valence-electron chi connectivity index (χ0n) is 15.3. The molecule has 2 atom stereocenters. The van der Waals surface area contributed by atoms with Crippen LogP contribution in [0.25, 0.3) is 0 Å². The maximum atomic E-state index is 12.0. The highest BCUT2D eigenvalue weighted by Gasteiger charge is 2.34. The largest absolute Gasteiger partial charge is 0.453 e. The Morgan fingerprint density at radius 1 is 1.23 bits per heavy atom. The number of anilines is 1. The van der Waals surface area contributed by atoms with E-state index in [0.717, 1.165) is 49.5 Å². The molecule has 0 aliphatic carbocycles. The molecule has 2 N–H and O–H groups in total. The monoisotopic (exact) mass is 381 g/mol. The predicted octanol–water partition coefficient (Wildman–Crippen LogP) is 2.88. The van der Waals surface area contributed by atoms with Gasteiger partial charge in [-0.05, 0) is 37.8 Å². The van der Waals surface area contributed by atoms with Crippen LogP contribution in [0.15, 0.2) is 24.3 Å². The van der Waals surface area contributed by atoms with E-state index in [9.17, 15) is 4.79 Å². The molecule has 0 spiro atoms. The van der Waals surface area contributed by atoms with Crippen LogP contribution in [-0.4, -0.2) is 62.5 Å². The highest BCUT2D eigenvalue weighted by atomic mass is 35.5. The minimum absolute atomic E-state index is 0.0638. The Labute approximate surface area is 160 Å². The zero-order chi connectivity index (χ0) is 18.5. The maximum Gasteiger partial charge on any atom is 0.409 e. The van der Waals surface area contributed by atoms with Crippen molar-refractivity contribution in [3.63, 3.8) is 0 Å². The van der Waals surface area contributed by atoms with Crippen molar-refractivity contribution in [3.05, 3.63) is 29.3 Å². The lowest BCUT2D eigenvalue weighted by molar-refractivity contribution is -0.0163. The summed E-state index contributed by atoms with van der Waals surface area (Å²) in [4.78, 5) is 16.0. The van der Waals surface area contributed by atoms with Crippen LogP contribution in [0.5, 0.6) is 0 Å². The molecule has 7 heteroatoms. The summed E-state index contributed by atoms with van der Waals surface area (Å²) in [7, 11) is 1.41. The molecular formula is C19H28ClN3O3. The van der Waals surface area contributed by atoms with E-state index < -0.39 is 0 Å². The Hall–Kier alpha value is -1.50. The molecule has 2 heterocycles. The van der Waals surface area contributed by atoms with E-state index >= 15 is 0 Å². The van der Waals surface area contributed by atoms with Crippen LogP contribution in [0.4, 0.5) is 10.5 Å². The fourth-order valence-corrected chi connectivity index (χ4v) is 4.11. The molecule has 6 nitrogen and oxygen atoms in total. The SMILES string of the molecule is COC(=O)N1CCC[C@H](N)[C@@H]1COC1CCN(c2ccccc2Cl)CC1. The average molecular weight is 382 g/mol. The number of carbonyl (C=O) groups excluding carboxylic acids is 1. The number of rotatable bonds is 4. The first-order chi connectivity index (χ1) is 12.6. The molecule has 0 radical (unpaired) electrons. The number of nitrogens with zero attached hydrogens (tertiary/aromatic N) is 2. The molecule has 26 heavy (non-hydrogen) atoms. The second-order valence-electron chi connectivity index (χ2n) is 7.01. The molecule has 2 fully saturated rings. The maximum absolute atomic E-state index is 12.0. The molecule has 0 bridgehead atoms. The number of carbonyl (C=O) groups is 1. The van der Waals surface area contributed by atoms with E-state index in [1.54, 1.807) is 4.90 Å². The van der Waals surface area contributed by atoms with Gasteiger partial charge in [-0.1, -0.05) is 23.7 Å². The van der Waals surface area contributed by atoms with Crippen molar-refractivity contribution in [1.82, 2.24) is 4.90 Å². The molecule has 2 aliphatic heterocycles. The van der Waals surface area contributed by atoms with Gasteiger partial charge in [0.25, 0.3) is 0 Å². The van der Waals surface area contributed by atoms with Crippen molar-refractivity contribution in [3.8, 4) is 0 Å². The molecule has 2 saturated heterocycles. The number of amides is 1. The molecule has 144 valence electrons. The summed E-state index contributed by atoms with van der Waals surface area (Å²) in [5.74, 6) is 0. The number of hydrogen-bond acceptors (Lipinski definition) is 5. The van der Waals surface area contributed by atoms with Crippen LogP contribution >= 0.6 is 11.6 Å². The lowest BCUT2D eigenvalue weighted by Gasteiger charge is -2.40. The quantitative estimate of drug-likeness (QED) is 0.868. The normalized spacial score (nSPS) is 24.6. The number of hydrogen-bond donors (Lipinski definition) is 1. The highest BCUT2D eigenvalue weighted by Crippen LogP contribution is 2.28. The van der Waals surface area contributed by atoms with Crippen molar-refractivity contribution in [2.75, 3.05) is 38.3 Å². The molecule has 0 unspecified atom stereocenters. The van der Waals surface area contributed by atoms with E-state index in [1.165, 1.54) is 7.11 Å². The third kappa shape index (κ3) is 4.42. The molecule has 1 amide bonds. The number of piperidine rings is 2. The van der Waals surface area contributed by atoms with Gasteiger partial charge in [0, 0.05) is 25.7 Å². The number of nitrogens with two attached hydrogens (primary N) is 1. The van der Waals surface area contributed by atoms with Crippen LogP contribution in [0.2, 0.25) is 5.02 Å². The van der Waals surface area contributed by atoms with Gasteiger partial charge in [0.15, 0.2) is 0 Å². The molecule has 0 aromatic heterocycles. The van der Waals surface area contributed by atoms with E-state index in [2.05, 4.69) is 11.0 Å². The second kappa shape index (κ2) is 8.93. The van der Waals surface area contributed by atoms with Crippen LogP contribution in [0, 0.1) is 0 Å². The molecule has 1 aromatic rings. The first kappa shape index (κ1) is 19.3. The van der Waals surface area contributed by atoms with E-state index in [0.29, 0.717) is 13.2 Å². The minimum Gasteiger partial charge on any atom is -0.453 e. The summed E-state index contributed by atoms with van der Waals surface area (Å²) in [5, 5.41) is 0.786. The van der Waals surface area contributed by atoms with Gasteiger partial charge in [0.05, 0.1) is 36.6 Å². The minimum atomic E-state index is -0.317. The van der Waals surface area contributed by atoms with Crippen molar-refractivity contribution in [1.29, 1.82) is 0 Å². The number of ether oxygens (including phenoxy) is 2. The van der Waals surface area contributed by atoms with Crippen molar-refractivity contribution in [2.45, 2.75) is 43.9 Å². The Morgan fingerprint density at radius 3 is 2.65 bits per heavy atom. The average Bonchev–Trinajstić information content (AvgIpc) is 2.67. The number of likely N-dealkylation sites (tertiary alicyclic amines) is 1. The Kier molecular flexibility index (Phi) is 6.62. The van der Waals surface area contributed by atoms with Gasteiger partial charge >= 0.3 is 6.09 Å². The van der Waals surface area contributed by atoms with Gasteiger partial charge in [-0.2, -0.15) is 0 Å². The summed E-state index contributed by atoms with van der Waals surface area (Å²) in [6, 6.07) is 7.76. The summed E-state index contributed by atoms with van der Waals surface area (Å²) in [6.45, 7) is 2.96. The topological polar surface area (TPSA) is 68.0 Å².